The van der Waals surface area contributed by atoms with Crippen molar-refractivity contribution in [1.29, 1.82) is 0 Å². The number of rotatable bonds is 6. The van der Waals surface area contributed by atoms with Crippen LogP contribution in [0.5, 0.6) is 0 Å². The zero-order valence-electron chi connectivity index (χ0n) is 12.3. The Morgan fingerprint density at radius 3 is 2.85 bits per heavy atom. The van der Waals surface area contributed by atoms with Crippen LogP contribution in [0, 0.1) is 12.8 Å². The first-order chi connectivity index (χ1) is 9.63. The maximum atomic E-state index is 11.7. The summed E-state index contributed by atoms with van der Waals surface area (Å²) < 4.78 is 4.84. The fourth-order valence-corrected chi connectivity index (χ4v) is 2.70. The number of urea groups is 1. The highest BCUT2D eigenvalue weighted by atomic mass is 16.5. The number of carbonyl (C=O) groups is 1. The van der Waals surface area contributed by atoms with Gasteiger partial charge in [0, 0.05) is 13.0 Å². The summed E-state index contributed by atoms with van der Waals surface area (Å²) >= 11 is 0. The third kappa shape index (κ3) is 4.83. The van der Waals surface area contributed by atoms with Gasteiger partial charge >= 0.3 is 6.03 Å². The Balaban J connectivity index is 1.60. The van der Waals surface area contributed by atoms with E-state index in [4.69, 9.17) is 4.52 Å². The van der Waals surface area contributed by atoms with Crippen molar-refractivity contribution in [1.82, 2.24) is 20.8 Å². The fourth-order valence-electron chi connectivity index (χ4n) is 2.70. The van der Waals surface area contributed by atoms with Gasteiger partial charge in [-0.2, -0.15) is 4.98 Å². The lowest BCUT2D eigenvalue weighted by atomic mass is 9.99. The second kappa shape index (κ2) is 7.26. The first-order valence-corrected chi connectivity index (χ1v) is 7.47. The van der Waals surface area contributed by atoms with Crippen molar-refractivity contribution >= 4 is 6.03 Å². The normalized spacial score (nSPS) is 17.1. The van der Waals surface area contributed by atoms with Crippen molar-refractivity contribution in [2.45, 2.75) is 65.0 Å². The van der Waals surface area contributed by atoms with E-state index in [0.29, 0.717) is 18.3 Å². The summed E-state index contributed by atoms with van der Waals surface area (Å²) in [5.41, 5.74) is 0. The van der Waals surface area contributed by atoms with Gasteiger partial charge in [0.05, 0.1) is 6.54 Å². The smallest absolute Gasteiger partial charge is 0.315 e. The molecule has 1 heterocycles. The third-order valence-electron chi connectivity index (χ3n) is 3.84. The van der Waals surface area contributed by atoms with Gasteiger partial charge in [0.1, 0.15) is 0 Å². The molecule has 0 saturated heterocycles. The van der Waals surface area contributed by atoms with Crippen molar-refractivity contribution in [2.75, 3.05) is 0 Å². The predicted molar refractivity (Wildman–Crippen MR) is 75.1 cm³/mol. The summed E-state index contributed by atoms with van der Waals surface area (Å²) in [5.74, 6) is 1.87. The molecular formula is C14H24N4O2. The van der Waals surface area contributed by atoms with Crippen LogP contribution in [0.3, 0.4) is 0 Å². The summed E-state index contributed by atoms with van der Waals surface area (Å²) in [6.07, 6.45) is 7.71. The molecule has 1 saturated carbocycles. The van der Waals surface area contributed by atoms with Crippen LogP contribution in [-0.2, 0) is 6.54 Å². The quantitative estimate of drug-likeness (QED) is 0.839. The van der Waals surface area contributed by atoms with Crippen LogP contribution in [0.25, 0.3) is 0 Å². The monoisotopic (exact) mass is 280 g/mol. The molecule has 1 unspecified atom stereocenters. The second-order valence-corrected chi connectivity index (χ2v) is 5.69. The number of hydrogen-bond acceptors (Lipinski definition) is 4. The third-order valence-corrected chi connectivity index (χ3v) is 3.84. The summed E-state index contributed by atoms with van der Waals surface area (Å²) in [4.78, 5) is 15.8. The molecule has 1 aliphatic carbocycles. The highest BCUT2D eigenvalue weighted by molar-refractivity contribution is 5.73. The van der Waals surface area contributed by atoms with E-state index in [2.05, 4.69) is 20.8 Å². The predicted octanol–water partition coefficient (Wildman–Crippen LogP) is 2.54. The number of nitrogens with one attached hydrogen (secondary N) is 2. The molecule has 2 rings (SSSR count). The molecular weight excluding hydrogens is 256 g/mol. The molecule has 0 bridgehead atoms. The molecule has 112 valence electrons. The van der Waals surface area contributed by atoms with Crippen molar-refractivity contribution < 1.29 is 9.32 Å². The Morgan fingerprint density at radius 2 is 2.20 bits per heavy atom. The van der Waals surface area contributed by atoms with Crippen molar-refractivity contribution in [3.8, 4) is 0 Å². The molecule has 1 atom stereocenters. The van der Waals surface area contributed by atoms with E-state index >= 15 is 0 Å². The van der Waals surface area contributed by atoms with E-state index < -0.39 is 0 Å². The SMILES string of the molecule is Cc1nc(CNC(=O)NC(C)CCC2CCCC2)no1. The molecule has 1 aromatic rings. The molecule has 0 aromatic carbocycles. The average Bonchev–Trinajstić information content (AvgIpc) is 3.05. The van der Waals surface area contributed by atoms with Crippen molar-refractivity contribution in [3.63, 3.8) is 0 Å². The van der Waals surface area contributed by atoms with Crippen LogP contribution in [0.1, 0.15) is 57.2 Å². The van der Waals surface area contributed by atoms with Gasteiger partial charge in [0.2, 0.25) is 5.89 Å². The molecule has 6 heteroatoms. The maximum Gasteiger partial charge on any atom is 0.315 e. The zero-order chi connectivity index (χ0) is 14.4. The van der Waals surface area contributed by atoms with Gasteiger partial charge in [-0.1, -0.05) is 30.8 Å². The lowest BCUT2D eigenvalue weighted by molar-refractivity contribution is 0.235. The number of hydrogen-bond donors (Lipinski definition) is 2. The molecule has 2 N–H and O–H groups in total. The Kier molecular flexibility index (Phi) is 5.38. The number of nitrogens with zero attached hydrogens (tertiary/aromatic N) is 2. The van der Waals surface area contributed by atoms with Crippen LogP contribution in [0.2, 0.25) is 0 Å². The van der Waals surface area contributed by atoms with E-state index in [1.165, 1.54) is 32.1 Å². The van der Waals surface area contributed by atoms with Gasteiger partial charge in [0.15, 0.2) is 5.82 Å². The van der Waals surface area contributed by atoms with Gasteiger partial charge in [-0.15, -0.1) is 0 Å². The van der Waals surface area contributed by atoms with Crippen LogP contribution >= 0.6 is 0 Å². The van der Waals surface area contributed by atoms with E-state index in [-0.39, 0.29) is 12.1 Å². The number of amides is 2. The highest BCUT2D eigenvalue weighted by Crippen LogP contribution is 2.28. The molecule has 6 nitrogen and oxygen atoms in total. The van der Waals surface area contributed by atoms with E-state index in [9.17, 15) is 4.79 Å². The van der Waals surface area contributed by atoms with Crippen LogP contribution in [-0.4, -0.2) is 22.2 Å². The average molecular weight is 280 g/mol. The molecule has 2 amide bonds. The standard InChI is InChI=1S/C14H24N4O2/c1-10(7-8-12-5-3-4-6-12)16-14(19)15-9-13-17-11(2)20-18-13/h10,12H,3-9H2,1-2H3,(H2,15,16,19). The van der Waals surface area contributed by atoms with Crippen LogP contribution in [0.15, 0.2) is 4.52 Å². The number of aromatic nitrogens is 2. The Hall–Kier alpha value is -1.59. The van der Waals surface area contributed by atoms with Gasteiger partial charge in [-0.05, 0) is 25.7 Å². The molecule has 0 aliphatic heterocycles. The summed E-state index contributed by atoms with van der Waals surface area (Å²) in [6, 6.07) is 0.0222. The van der Waals surface area contributed by atoms with Crippen molar-refractivity contribution in [2.24, 2.45) is 5.92 Å². The topological polar surface area (TPSA) is 80.0 Å². The molecule has 1 aliphatic rings. The van der Waals surface area contributed by atoms with Gasteiger partial charge < -0.3 is 15.2 Å². The minimum atomic E-state index is -0.175. The summed E-state index contributed by atoms with van der Waals surface area (Å²) in [6.45, 7) is 4.06. The van der Waals surface area contributed by atoms with Crippen LogP contribution < -0.4 is 10.6 Å². The van der Waals surface area contributed by atoms with Gasteiger partial charge in [-0.3, -0.25) is 0 Å². The molecule has 0 radical (unpaired) electrons. The Bertz CT molecular complexity index is 427. The minimum Gasteiger partial charge on any atom is -0.340 e. The lowest BCUT2D eigenvalue weighted by Gasteiger charge is -2.16. The molecule has 20 heavy (non-hydrogen) atoms. The fraction of sp³-hybridized carbons (Fsp3) is 0.786. The number of carbonyl (C=O) groups excluding carboxylic acids is 1. The van der Waals surface area contributed by atoms with Crippen LogP contribution in [0.4, 0.5) is 4.79 Å². The van der Waals surface area contributed by atoms with E-state index in [1.54, 1.807) is 6.92 Å². The maximum absolute atomic E-state index is 11.7. The summed E-state index contributed by atoms with van der Waals surface area (Å²) in [7, 11) is 0. The highest BCUT2D eigenvalue weighted by Gasteiger charge is 2.16. The minimum absolute atomic E-state index is 0.175. The molecule has 1 aromatic heterocycles. The summed E-state index contributed by atoms with van der Waals surface area (Å²) in [5, 5.41) is 9.41. The zero-order valence-corrected chi connectivity index (χ0v) is 12.3. The number of aryl methyl sites for hydroxylation is 1. The Morgan fingerprint density at radius 1 is 1.45 bits per heavy atom. The first kappa shape index (κ1) is 14.8. The molecule has 0 spiro atoms. The Labute approximate surface area is 119 Å². The first-order valence-electron chi connectivity index (χ1n) is 7.47. The largest absolute Gasteiger partial charge is 0.340 e. The second-order valence-electron chi connectivity index (χ2n) is 5.69. The lowest BCUT2D eigenvalue weighted by Crippen LogP contribution is -2.40. The van der Waals surface area contributed by atoms with E-state index in [0.717, 1.165) is 12.3 Å². The van der Waals surface area contributed by atoms with Gasteiger partial charge in [0.25, 0.3) is 0 Å². The van der Waals surface area contributed by atoms with Gasteiger partial charge in [-0.25, -0.2) is 4.79 Å². The molecule has 1 fully saturated rings. The van der Waals surface area contributed by atoms with Crippen molar-refractivity contribution in [3.05, 3.63) is 11.7 Å². The van der Waals surface area contributed by atoms with E-state index in [1.807, 2.05) is 6.92 Å².